The zero-order chi connectivity index (χ0) is 12.3. The Bertz CT molecular complexity index is 373. The summed E-state index contributed by atoms with van der Waals surface area (Å²) in [6.07, 6.45) is 3.68. The molecule has 0 aromatic heterocycles. The van der Waals surface area contributed by atoms with Crippen molar-refractivity contribution >= 4 is 5.97 Å². The molecule has 2 N–H and O–H groups in total. The highest BCUT2D eigenvalue weighted by Crippen LogP contribution is 2.33. The Morgan fingerprint density at radius 3 is 2.59 bits per heavy atom. The Kier molecular flexibility index (Phi) is 3.79. The molecule has 2 atom stereocenters. The molecule has 0 amide bonds. The number of carbonyl (C=O) groups is 1. The maximum absolute atomic E-state index is 11.3. The molecule has 1 saturated carbocycles. The van der Waals surface area contributed by atoms with Crippen LogP contribution in [0.25, 0.3) is 0 Å². The fourth-order valence-corrected chi connectivity index (χ4v) is 2.16. The number of hydrogen-bond acceptors (Lipinski definition) is 2. The van der Waals surface area contributed by atoms with Crippen LogP contribution in [0, 0.1) is 5.92 Å². The third-order valence-electron chi connectivity index (χ3n) is 3.21. The third-order valence-corrected chi connectivity index (χ3v) is 3.21. The highest BCUT2D eigenvalue weighted by Gasteiger charge is 2.27. The molecule has 2 rings (SSSR count). The van der Waals surface area contributed by atoms with Crippen LogP contribution in [-0.2, 0) is 4.79 Å². The van der Waals surface area contributed by atoms with Gasteiger partial charge in [0.25, 0.3) is 0 Å². The summed E-state index contributed by atoms with van der Waals surface area (Å²) in [6.45, 7) is 2.07. The smallest absolute Gasteiger partial charge is 0.325 e. The lowest BCUT2D eigenvalue weighted by Gasteiger charge is -2.20. The number of hydrogen-bond donors (Lipinski definition) is 2. The molecule has 0 bridgehead atoms. The predicted molar refractivity (Wildman–Crippen MR) is 66.8 cm³/mol. The van der Waals surface area contributed by atoms with E-state index in [1.807, 2.05) is 30.3 Å². The first-order valence-corrected chi connectivity index (χ1v) is 6.20. The van der Waals surface area contributed by atoms with Crippen molar-refractivity contribution in [2.45, 2.75) is 38.3 Å². The number of carboxylic acids is 1. The highest BCUT2D eigenvalue weighted by molar-refractivity contribution is 5.75. The summed E-state index contributed by atoms with van der Waals surface area (Å²) >= 11 is 0. The number of aliphatic carboxylic acids is 1. The van der Waals surface area contributed by atoms with Crippen LogP contribution in [0.3, 0.4) is 0 Å². The molecule has 92 valence electrons. The summed E-state index contributed by atoms with van der Waals surface area (Å²) in [5.41, 5.74) is 0.822. The summed E-state index contributed by atoms with van der Waals surface area (Å²) < 4.78 is 0. The third kappa shape index (κ3) is 3.56. The van der Waals surface area contributed by atoms with Crippen molar-refractivity contribution in [3.8, 4) is 0 Å². The van der Waals surface area contributed by atoms with E-state index in [1.54, 1.807) is 0 Å². The summed E-state index contributed by atoms with van der Waals surface area (Å²) in [4.78, 5) is 11.3. The minimum absolute atomic E-state index is 0.254. The quantitative estimate of drug-likeness (QED) is 0.794. The van der Waals surface area contributed by atoms with Gasteiger partial charge in [-0.25, -0.2) is 0 Å². The van der Waals surface area contributed by atoms with Crippen LogP contribution in [-0.4, -0.2) is 17.1 Å². The van der Waals surface area contributed by atoms with Gasteiger partial charge in [-0.1, -0.05) is 43.2 Å². The van der Waals surface area contributed by atoms with Gasteiger partial charge < -0.3 is 5.11 Å². The molecule has 1 aliphatic carbocycles. The van der Waals surface area contributed by atoms with Crippen molar-refractivity contribution in [2.75, 3.05) is 0 Å². The molecular formula is C14H19NO2. The molecule has 1 aromatic carbocycles. The second-order valence-corrected chi connectivity index (χ2v) is 4.93. The topological polar surface area (TPSA) is 49.3 Å². The van der Waals surface area contributed by atoms with Gasteiger partial charge in [0, 0.05) is 6.04 Å². The maximum atomic E-state index is 11.3. The van der Waals surface area contributed by atoms with Gasteiger partial charge in [-0.15, -0.1) is 0 Å². The number of carboxylic acid groups (broad SMARTS) is 1. The van der Waals surface area contributed by atoms with Crippen LogP contribution >= 0.6 is 0 Å². The second kappa shape index (κ2) is 5.32. The van der Waals surface area contributed by atoms with E-state index in [0.717, 1.165) is 17.9 Å². The molecule has 1 fully saturated rings. The second-order valence-electron chi connectivity index (χ2n) is 4.93. The lowest BCUT2D eigenvalue weighted by molar-refractivity contribution is -0.139. The van der Waals surface area contributed by atoms with Gasteiger partial charge in [-0.3, -0.25) is 10.1 Å². The van der Waals surface area contributed by atoms with Crippen molar-refractivity contribution < 1.29 is 9.90 Å². The lowest BCUT2D eigenvalue weighted by atomic mass is 10.0. The first kappa shape index (κ1) is 12.1. The van der Waals surface area contributed by atoms with E-state index in [4.69, 9.17) is 0 Å². The summed E-state index contributed by atoms with van der Waals surface area (Å²) in [5.74, 6) is 0.00145. The van der Waals surface area contributed by atoms with Gasteiger partial charge >= 0.3 is 5.97 Å². The van der Waals surface area contributed by atoms with Gasteiger partial charge in [0.1, 0.15) is 6.04 Å². The van der Waals surface area contributed by atoms with Crippen LogP contribution in [0.2, 0.25) is 0 Å². The van der Waals surface area contributed by atoms with Crippen LogP contribution in [0.1, 0.15) is 37.8 Å². The van der Waals surface area contributed by atoms with Crippen molar-refractivity contribution in [3.05, 3.63) is 35.9 Å². The number of rotatable bonds is 6. The molecular weight excluding hydrogens is 214 g/mol. The predicted octanol–water partition coefficient (Wildman–Crippen LogP) is 2.59. The van der Waals surface area contributed by atoms with E-state index >= 15 is 0 Å². The summed E-state index contributed by atoms with van der Waals surface area (Å²) in [6, 6.07) is 9.02. The van der Waals surface area contributed by atoms with Crippen molar-refractivity contribution in [1.29, 1.82) is 0 Å². The van der Waals surface area contributed by atoms with Gasteiger partial charge in [0.05, 0.1) is 0 Å². The minimum atomic E-state index is -0.807. The van der Waals surface area contributed by atoms with Gasteiger partial charge in [0.2, 0.25) is 0 Å². The zero-order valence-electron chi connectivity index (χ0n) is 10.1. The average molecular weight is 233 g/mol. The molecule has 0 aliphatic heterocycles. The van der Waals surface area contributed by atoms with E-state index in [1.165, 1.54) is 12.8 Å². The van der Waals surface area contributed by atoms with Crippen LogP contribution in [0.5, 0.6) is 0 Å². The van der Waals surface area contributed by atoms with Crippen LogP contribution in [0.4, 0.5) is 0 Å². The highest BCUT2D eigenvalue weighted by atomic mass is 16.4. The Morgan fingerprint density at radius 2 is 2.06 bits per heavy atom. The Balaban J connectivity index is 1.99. The molecule has 0 spiro atoms. The maximum Gasteiger partial charge on any atom is 0.325 e. The van der Waals surface area contributed by atoms with Crippen molar-refractivity contribution in [3.63, 3.8) is 0 Å². The standard InChI is InChI=1S/C14H19NO2/c1-10(9-11-7-8-11)15-13(14(16)17)12-5-3-2-4-6-12/h2-6,10-11,13,15H,7-9H2,1H3,(H,16,17). The van der Waals surface area contributed by atoms with E-state index in [0.29, 0.717) is 0 Å². The number of benzene rings is 1. The largest absolute Gasteiger partial charge is 0.480 e. The molecule has 1 aliphatic rings. The molecule has 0 heterocycles. The van der Waals surface area contributed by atoms with Gasteiger partial charge in [-0.05, 0) is 24.8 Å². The fraction of sp³-hybridized carbons (Fsp3) is 0.500. The molecule has 0 saturated heterocycles. The summed E-state index contributed by atoms with van der Waals surface area (Å²) in [5, 5.41) is 12.5. The molecule has 17 heavy (non-hydrogen) atoms. The van der Waals surface area contributed by atoms with Crippen LogP contribution in [0.15, 0.2) is 30.3 Å². The number of nitrogens with one attached hydrogen (secondary N) is 1. The SMILES string of the molecule is CC(CC1CC1)NC(C(=O)O)c1ccccc1. The normalized spacial score (nSPS) is 18.6. The Labute approximate surface area is 102 Å². The fourth-order valence-electron chi connectivity index (χ4n) is 2.16. The first-order valence-electron chi connectivity index (χ1n) is 6.20. The average Bonchev–Trinajstić information content (AvgIpc) is 3.10. The molecule has 1 aromatic rings. The zero-order valence-corrected chi connectivity index (χ0v) is 10.1. The van der Waals surface area contributed by atoms with Crippen LogP contribution < -0.4 is 5.32 Å². The molecule has 3 heteroatoms. The summed E-state index contributed by atoms with van der Waals surface area (Å²) in [7, 11) is 0. The van der Waals surface area contributed by atoms with E-state index in [2.05, 4.69) is 12.2 Å². The Hall–Kier alpha value is -1.35. The van der Waals surface area contributed by atoms with Gasteiger partial charge in [0.15, 0.2) is 0 Å². The Morgan fingerprint density at radius 1 is 1.41 bits per heavy atom. The first-order chi connectivity index (χ1) is 8.16. The van der Waals surface area contributed by atoms with Crippen molar-refractivity contribution in [2.24, 2.45) is 5.92 Å². The van der Waals surface area contributed by atoms with Crippen molar-refractivity contribution in [1.82, 2.24) is 5.32 Å². The van der Waals surface area contributed by atoms with E-state index < -0.39 is 12.0 Å². The lowest BCUT2D eigenvalue weighted by Crippen LogP contribution is -2.35. The minimum Gasteiger partial charge on any atom is -0.480 e. The monoisotopic (exact) mass is 233 g/mol. The van der Waals surface area contributed by atoms with E-state index in [9.17, 15) is 9.90 Å². The molecule has 0 radical (unpaired) electrons. The van der Waals surface area contributed by atoms with Gasteiger partial charge in [-0.2, -0.15) is 0 Å². The van der Waals surface area contributed by atoms with E-state index in [-0.39, 0.29) is 6.04 Å². The molecule has 2 unspecified atom stereocenters. The molecule has 3 nitrogen and oxygen atoms in total.